The predicted octanol–water partition coefficient (Wildman–Crippen LogP) is 11.0. The van der Waals surface area contributed by atoms with Crippen molar-refractivity contribution in [1.29, 1.82) is 0 Å². The zero-order valence-electron chi connectivity index (χ0n) is 24.0. The number of rotatable bonds is 2. The Hall–Kier alpha value is -4.16. The lowest BCUT2D eigenvalue weighted by Gasteiger charge is -2.34. The number of benzene rings is 6. The Balaban J connectivity index is 0.000000738. The average molecular weight is 507 g/mol. The van der Waals surface area contributed by atoms with Crippen molar-refractivity contribution >= 4 is 21.5 Å². The van der Waals surface area contributed by atoms with E-state index in [0.717, 1.165) is 0 Å². The Morgan fingerprint density at radius 2 is 0.744 bits per heavy atom. The fraction of sp³-hybridized carbons (Fsp3) is 0.179. The normalized spacial score (nSPS) is 12.6. The molecule has 0 unspecified atom stereocenters. The molecule has 0 aliphatic heterocycles. The molecule has 0 bridgehead atoms. The maximum Gasteiger partial charge on any atom is 0.0714 e. The Morgan fingerprint density at radius 3 is 1.18 bits per heavy atom. The molecular weight excluding hydrogens is 468 g/mol. The fourth-order valence-electron chi connectivity index (χ4n) is 6.22. The van der Waals surface area contributed by atoms with Crippen molar-refractivity contribution in [3.8, 4) is 11.1 Å². The summed E-state index contributed by atoms with van der Waals surface area (Å²) < 4.78 is 0. The van der Waals surface area contributed by atoms with Crippen molar-refractivity contribution in [3.63, 3.8) is 0 Å². The van der Waals surface area contributed by atoms with Gasteiger partial charge in [-0.05, 0) is 80.9 Å². The monoisotopic (exact) mass is 506 g/mol. The molecule has 0 aromatic heterocycles. The SMILES string of the molecule is CC.CC.Cc1ccc2cc(C3(c4ccc5cc(C)ccc5c4)c4ccccc4-c4ccccc43)ccc2c1. The van der Waals surface area contributed by atoms with Gasteiger partial charge in [0.05, 0.1) is 5.41 Å². The first kappa shape index (κ1) is 26.4. The van der Waals surface area contributed by atoms with E-state index in [4.69, 9.17) is 0 Å². The van der Waals surface area contributed by atoms with Gasteiger partial charge in [0.25, 0.3) is 0 Å². The molecule has 0 amide bonds. The largest absolute Gasteiger partial charge is 0.0714 e. The van der Waals surface area contributed by atoms with E-state index in [-0.39, 0.29) is 5.41 Å². The van der Waals surface area contributed by atoms with Crippen LogP contribution in [0.3, 0.4) is 0 Å². The van der Waals surface area contributed by atoms with Crippen LogP contribution >= 0.6 is 0 Å². The number of hydrogen-bond donors (Lipinski definition) is 0. The van der Waals surface area contributed by atoms with Crippen LogP contribution in [-0.4, -0.2) is 0 Å². The fourth-order valence-corrected chi connectivity index (χ4v) is 6.22. The Morgan fingerprint density at radius 1 is 0.385 bits per heavy atom. The summed E-state index contributed by atoms with van der Waals surface area (Å²) in [5.41, 5.74) is 10.2. The minimum atomic E-state index is -0.370. The summed E-state index contributed by atoms with van der Waals surface area (Å²) in [6.45, 7) is 12.3. The van der Waals surface area contributed by atoms with Crippen LogP contribution in [0.25, 0.3) is 32.7 Å². The molecule has 194 valence electrons. The third kappa shape index (κ3) is 4.25. The van der Waals surface area contributed by atoms with Crippen LogP contribution in [0.2, 0.25) is 0 Å². The van der Waals surface area contributed by atoms with Gasteiger partial charge in [0.2, 0.25) is 0 Å². The molecule has 0 atom stereocenters. The first-order valence-electron chi connectivity index (χ1n) is 14.4. The lowest BCUT2D eigenvalue weighted by atomic mass is 9.67. The minimum absolute atomic E-state index is 0.370. The minimum Gasteiger partial charge on any atom is -0.0683 e. The van der Waals surface area contributed by atoms with Crippen LogP contribution in [0.15, 0.2) is 121 Å². The predicted molar refractivity (Wildman–Crippen MR) is 171 cm³/mol. The molecule has 0 saturated carbocycles. The molecule has 0 heteroatoms. The van der Waals surface area contributed by atoms with E-state index in [9.17, 15) is 0 Å². The molecule has 0 heterocycles. The van der Waals surface area contributed by atoms with Gasteiger partial charge in [0.15, 0.2) is 0 Å². The third-order valence-electron chi connectivity index (χ3n) is 7.81. The van der Waals surface area contributed by atoms with Crippen molar-refractivity contribution in [2.75, 3.05) is 0 Å². The van der Waals surface area contributed by atoms with Crippen LogP contribution in [0.5, 0.6) is 0 Å². The highest BCUT2D eigenvalue weighted by molar-refractivity contribution is 5.91. The van der Waals surface area contributed by atoms with Gasteiger partial charge in [-0.3, -0.25) is 0 Å². The van der Waals surface area contributed by atoms with Gasteiger partial charge in [0.1, 0.15) is 0 Å². The molecule has 7 rings (SSSR count). The first-order valence-corrected chi connectivity index (χ1v) is 14.4. The molecule has 1 aliphatic carbocycles. The molecule has 0 nitrogen and oxygen atoms in total. The van der Waals surface area contributed by atoms with Crippen LogP contribution < -0.4 is 0 Å². The van der Waals surface area contributed by atoms with Crippen molar-refractivity contribution < 1.29 is 0 Å². The summed E-state index contributed by atoms with van der Waals surface area (Å²) >= 11 is 0. The maximum absolute atomic E-state index is 2.41. The zero-order chi connectivity index (χ0) is 27.6. The summed E-state index contributed by atoms with van der Waals surface area (Å²) in [6.07, 6.45) is 0. The Bertz CT molecular complexity index is 1640. The van der Waals surface area contributed by atoms with Gasteiger partial charge in [-0.25, -0.2) is 0 Å². The highest BCUT2D eigenvalue weighted by Crippen LogP contribution is 2.56. The summed E-state index contributed by atoms with van der Waals surface area (Å²) in [7, 11) is 0. The maximum atomic E-state index is 2.41. The molecule has 0 spiro atoms. The number of hydrogen-bond acceptors (Lipinski definition) is 0. The van der Waals surface area contributed by atoms with Crippen LogP contribution in [0.4, 0.5) is 0 Å². The lowest BCUT2D eigenvalue weighted by Crippen LogP contribution is -2.28. The second-order valence-corrected chi connectivity index (χ2v) is 9.97. The van der Waals surface area contributed by atoms with E-state index < -0.39 is 0 Å². The van der Waals surface area contributed by atoms with Gasteiger partial charge in [-0.2, -0.15) is 0 Å². The van der Waals surface area contributed by atoms with Gasteiger partial charge in [-0.1, -0.05) is 148 Å². The van der Waals surface area contributed by atoms with Gasteiger partial charge >= 0.3 is 0 Å². The second kappa shape index (κ2) is 10.9. The smallest absolute Gasteiger partial charge is 0.0683 e. The zero-order valence-corrected chi connectivity index (χ0v) is 24.0. The molecule has 39 heavy (non-hydrogen) atoms. The molecule has 0 fully saturated rings. The van der Waals surface area contributed by atoms with E-state index in [2.05, 4.69) is 135 Å². The molecule has 0 N–H and O–H groups in total. The number of aryl methyl sites for hydroxylation is 2. The van der Waals surface area contributed by atoms with Gasteiger partial charge in [-0.15, -0.1) is 0 Å². The molecule has 6 aromatic rings. The molecule has 6 aromatic carbocycles. The van der Waals surface area contributed by atoms with E-state index in [1.165, 1.54) is 66.1 Å². The molecular formula is C39H38. The molecule has 0 radical (unpaired) electrons. The van der Waals surface area contributed by atoms with Crippen molar-refractivity contribution in [2.45, 2.75) is 47.0 Å². The van der Waals surface area contributed by atoms with E-state index >= 15 is 0 Å². The third-order valence-corrected chi connectivity index (χ3v) is 7.81. The topological polar surface area (TPSA) is 0 Å². The Labute approximate surface area is 234 Å². The van der Waals surface area contributed by atoms with Crippen LogP contribution in [0, 0.1) is 13.8 Å². The van der Waals surface area contributed by atoms with Crippen LogP contribution in [-0.2, 0) is 5.41 Å². The summed E-state index contributed by atoms with van der Waals surface area (Å²) in [4.78, 5) is 0. The van der Waals surface area contributed by atoms with Gasteiger partial charge in [0, 0.05) is 0 Å². The van der Waals surface area contributed by atoms with E-state index in [1.807, 2.05) is 27.7 Å². The number of fused-ring (bicyclic) bond motifs is 5. The standard InChI is InChI=1S/C35H26.2C2H6/c1-23-11-13-27-21-29(17-15-25(27)19-23)35(30-18-16-26-20-24(2)12-14-28(26)22-30)33-9-5-3-7-31(33)32-8-4-6-10-34(32)35;2*1-2/h3-22H,1-2H3;2*1-2H3. The first-order chi connectivity index (χ1) is 19.1. The van der Waals surface area contributed by atoms with Crippen LogP contribution in [0.1, 0.15) is 61.1 Å². The molecule has 0 saturated heterocycles. The molecule has 1 aliphatic rings. The summed E-state index contributed by atoms with van der Waals surface area (Å²) in [5, 5.41) is 5.14. The average Bonchev–Trinajstić information content (AvgIpc) is 3.30. The van der Waals surface area contributed by atoms with E-state index in [1.54, 1.807) is 0 Å². The second-order valence-electron chi connectivity index (χ2n) is 9.97. The van der Waals surface area contributed by atoms with E-state index in [0.29, 0.717) is 0 Å². The van der Waals surface area contributed by atoms with Gasteiger partial charge < -0.3 is 0 Å². The summed E-state index contributed by atoms with van der Waals surface area (Å²) in [5.74, 6) is 0. The van der Waals surface area contributed by atoms with Crippen molar-refractivity contribution in [2.24, 2.45) is 0 Å². The Kier molecular flexibility index (Phi) is 7.40. The quantitative estimate of drug-likeness (QED) is 0.219. The van der Waals surface area contributed by atoms with Crippen molar-refractivity contribution in [3.05, 3.63) is 155 Å². The highest BCUT2D eigenvalue weighted by atomic mass is 14.5. The summed E-state index contributed by atoms with van der Waals surface area (Å²) in [6, 6.07) is 45.6. The van der Waals surface area contributed by atoms with Crippen molar-refractivity contribution in [1.82, 2.24) is 0 Å². The highest BCUT2D eigenvalue weighted by Gasteiger charge is 2.45. The lowest BCUT2D eigenvalue weighted by molar-refractivity contribution is 0.771.